The predicted molar refractivity (Wildman–Crippen MR) is 82.5 cm³/mol. The van der Waals surface area contributed by atoms with Crippen molar-refractivity contribution in [3.05, 3.63) is 35.4 Å². The maximum Gasteiger partial charge on any atom is 0.226 e. The first-order valence-corrected chi connectivity index (χ1v) is 7.71. The van der Waals surface area contributed by atoms with Crippen molar-refractivity contribution in [2.75, 3.05) is 13.1 Å². The van der Waals surface area contributed by atoms with Gasteiger partial charge in [0.25, 0.3) is 0 Å². The standard InChI is InChI=1S/C17H26N2O/c1-3-8-17(9-11-18-12-10-17)16(20)19-13-15-6-4-14(2)5-7-15/h4-7,18H,3,8-13H2,1-2H3,(H,19,20). The van der Waals surface area contributed by atoms with Crippen molar-refractivity contribution in [3.63, 3.8) is 0 Å². The monoisotopic (exact) mass is 274 g/mol. The Morgan fingerprint density at radius 1 is 1.25 bits per heavy atom. The second-order valence-electron chi connectivity index (χ2n) is 5.95. The molecule has 110 valence electrons. The van der Waals surface area contributed by atoms with Crippen LogP contribution in [0.15, 0.2) is 24.3 Å². The molecule has 1 aliphatic heterocycles. The molecule has 3 nitrogen and oxygen atoms in total. The molecule has 0 spiro atoms. The van der Waals surface area contributed by atoms with Gasteiger partial charge in [-0.3, -0.25) is 4.79 Å². The van der Waals surface area contributed by atoms with E-state index in [1.54, 1.807) is 0 Å². The smallest absolute Gasteiger partial charge is 0.226 e. The van der Waals surface area contributed by atoms with E-state index in [1.807, 2.05) is 0 Å². The van der Waals surface area contributed by atoms with E-state index in [-0.39, 0.29) is 11.3 Å². The summed E-state index contributed by atoms with van der Waals surface area (Å²) in [7, 11) is 0. The molecular weight excluding hydrogens is 248 g/mol. The van der Waals surface area contributed by atoms with Gasteiger partial charge >= 0.3 is 0 Å². The number of carbonyl (C=O) groups excluding carboxylic acids is 1. The van der Waals surface area contributed by atoms with Gasteiger partial charge in [0.2, 0.25) is 5.91 Å². The quantitative estimate of drug-likeness (QED) is 0.867. The van der Waals surface area contributed by atoms with Gasteiger partial charge in [-0.2, -0.15) is 0 Å². The second kappa shape index (κ2) is 6.89. The van der Waals surface area contributed by atoms with E-state index in [0.717, 1.165) is 38.8 Å². The van der Waals surface area contributed by atoms with Crippen LogP contribution in [-0.2, 0) is 11.3 Å². The fourth-order valence-corrected chi connectivity index (χ4v) is 3.05. The number of amides is 1. The summed E-state index contributed by atoms with van der Waals surface area (Å²) in [4.78, 5) is 12.6. The van der Waals surface area contributed by atoms with Crippen LogP contribution in [0.5, 0.6) is 0 Å². The molecule has 1 aliphatic rings. The first kappa shape index (κ1) is 15.0. The van der Waals surface area contributed by atoms with E-state index in [0.29, 0.717) is 6.54 Å². The number of carbonyl (C=O) groups is 1. The summed E-state index contributed by atoms with van der Waals surface area (Å²) in [5.41, 5.74) is 2.27. The molecule has 3 heteroatoms. The molecule has 0 aromatic heterocycles. The molecule has 1 heterocycles. The molecule has 1 aromatic rings. The zero-order valence-corrected chi connectivity index (χ0v) is 12.7. The third kappa shape index (κ3) is 3.60. The maximum atomic E-state index is 12.6. The molecule has 0 saturated carbocycles. The minimum atomic E-state index is -0.148. The molecule has 0 aliphatic carbocycles. The van der Waals surface area contributed by atoms with E-state index in [9.17, 15) is 4.79 Å². The second-order valence-corrected chi connectivity index (χ2v) is 5.95. The summed E-state index contributed by atoms with van der Waals surface area (Å²) in [6.45, 7) is 6.79. The summed E-state index contributed by atoms with van der Waals surface area (Å²) < 4.78 is 0. The molecule has 1 aromatic carbocycles. The summed E-state index contributed by atoms with van der Waals surface area (Å²) in [6.07, 6.45) is 3.98. The highest BCUT2D eigenvalue weighted by Gasteiger charge is 2.38. The average Bonchev–Trinajstić information content (AvgIpc) is 2.47. The van der Waals surface area contributed by atoms with Crippen molar-refractivity contribution in [2.45, 2.75) is 46.1 Å². The van der Waals surface area contributed by atoms with Gasteiger partial charge in [-0.05, 0) is 44.8 Å². The normalized spacial score (nSPS) is 17.7. The molecule has 1 saturated heterocycles. The fraction of sp³-hybridized carbons (Fsp3) is 0.588. The molecule has 1 fully saturated rings. The van der Waals surface area contributed by atoms with Crippen LogP contribution >= 0.6 is 0 Å². The summed E-state index contributed by atoms with van der Waals surface area (Å²) in [6, 6.07) is 8.36. The third-order valence-corrected chi connectivity index (χ3v) is 4.34. The van der Waals surface area contributed by atoms with Gasteiger partial charge in [-0.1, -0.05) is 43.2 Å². The Kier molecular flexibility index (Phi) is 5.18. The van der Waals surface area contributed by atoms with Crippen molar-refractivity contribution >= 4 is 5.91 Å². The van der Waals surface area contributed by atoms with E-state index in [1.165, 1.54) is 11.1 Å². The molecular formula is C17H26N2O. The summed E-state index contributed by atoms with van der Waals surface area (Å²) in [5.74, 6) is 0.237. The van der Waals surface area contributed by atoms with Crippen LogP contribution in [0, 0.1) is 12.3 Å². The van der Waals surface area contributed by atoms with Crippen molar-refractivity contribution in [1.29, 1.82) is 0 Å². The molecule has 2 rings (SSSR count). The zero-order chi connectivity index (χ0) is 14.4. The van der Waals surface area contributed by atoms with E-state index < -0.39 is 0 Å². The lowest BCUT2D eigenvalue weighted by Gasteiger charge is -2.36. The van der Waals surface area contributed by atoms with Crippen LogP contribution in [0.4, 0.5) is 0 Å². The third-order valence-electron chi connectivity index (χ3n) is 4.34. The average molecular weight is 274 g/mol. The van der Waals surface area contributed by atoms with Crippen LogP contribution in [0.1, 0.15) is 43.7 Å². The summed E-state index contributed by atoms with van der Waals surface area (Å²) in [5, 5.41) is 6.50. The van der Waals surface area contributed by atoms with Crippen molar-refractivity contribution in [2.24, 2.45) is 5.41 Å². The van der Waals surface area contributed by atoms with E-state index in [2.05, 4.69) is 48.7 Å². The van der Waals surface area contributed by atoms with Crippen LogP contribution in [0.2, 0.25) is 0 Å². The topological polar surface area (TPSA) is 41.1 Å². The number of benzene rings is 1. The van der Waals surface area contributed by atoms with E-state index >= 15 is 0 Å². The van der Waals surface area contributed by atoms with Crippen molar-refractivity contribution in [1.82, 2.24) is 10.6 Å². The molecule has 0 atom stereocenters. The largest absolute Gasteiger partial charge is 0.352 e. The first-order valence-electron chi connectivity index (χ1n) is 7.71. The highest BCUT2D eigenvalue weighted by molar-refractivity contribution is 5.82. The number of nitrogens with one attached hydrogen (secondary N) is 2. The lowest BCUT2D eigenvalue weighted by molar-refractivity contribution is -0.133. The molecule has 0 bridgehead atoms. The van der Waals surface area contributed by atoms with Gasteiger partial charge in [0, 0.05) is 6.54 Å². The Bertz CT molecular complexity index is 427. The SMILES string of the molecule is CCCC1(C(=O)NCc2ccc(C)cc2)CCNCC1. The number of aryl methyl sites for hydroxylation is 1. The lowest BCUT2D eigenvalue weighted by Crippen LogP contribution is -2.47. The van der Waals surface area contributed by atoms with Crippen LogP contribution in [0.3, 0.4) is 0 Å². The maximum absolute atomic E-state index is 12.6. The minimum Gasteiger partial charge on any atom is -0.352 e. The zero-order valence-electron chi connectivity index (χ0n) is 12.7. The highest BCUT2D eigenvalue weighted by atomic mass is 16.2. The Hall–Kier alpha value is -1.35. The van der Waals surface area contributed by atoms with Crippen LogP contribution in [0.25, 0.3) is 0 Å². The number of rotatable bonds is 5. The number of hydrogen-bond donors (Lipinski definition) is 2. The van der Waals surface area contributed by atoms with E-state index in [4.69, 9.17) is 0 Å². The Balaban J connectivity index is 1.96. The summed E-state index contributed by atoms with van der Waals surface area (Å²) >= 11 is 0. The number of hydrogen-bond acceptors (Lipinski definition) is 2. The molecule has 20 heavy (non-hydrogen) atoms. The van der Waals surface area contributed by atoms with Gasteiger partial charge in [0.15, 0.2) is 0 Å². The minimum absolute atomic E-state index is 0.148. The van der Waals surface area contributed by atoms with Crippen LogP contribution in [-0.4, -0.2) is 19.0 Å². The highest BCUT2D eigenvalue weighted by Crippen LogP contribution is 2.34. The Morgan fingerprint density at radius 3 is 2.50 bits per heavy atom. The first-order chi connectivity index (χ1) is 9.66. The Morgan fingerprint density at radius 2 is 1.90 bits per heavy atom. The molecule has 2 N–H and O–H groups in total. The molecule has 1 amide bonds. The van der Waals surface area contributed by atoms with Gasteiger partial charge in [0.05, 0.1) is 5.41 Å². The Labute approximate surface area is 122 Å². The molecule has 0 unspecified atom stereocenters. The van der Waals surface area contributed by atoms with Crippen molar-refractivity contribution in [3.8, 4) is 0 Å². The van der Waals surface area contributed by atoms with Crippen LogP contribution < -0.4 is 10.6 Å². The van der Waals surface area contributed by atoms with Gasteiger partial charge in [-0.25, -0.2) is 0 Å². The van der Waals surface area contributed by atoms with Crippen molar-refractivity contribution < 1.29 is 4.79 Å². The van der Waals surface area contributed by atoms with Gasteiger partial charge < -0.3 is 10.6 Å². The lowest BCUT2D eigenvalue weighted by atomic mass is 9.74. The van der Waals surface area contributed by atoms with Gasteiger partial charge in [0.1, 0.15) is 0 Å². The van der Waals surface area contributed by atoms with Gasteiger partial charge in [-0.15, -0.1) is 0 Å². The molecule has 0 radical (unpaired) electrons. The predicted octanol–water partition coefficient (Wildman–Crippen LogP) is 2.78. The fourth-order valence-electron chi connectivity index (χ4n) is 3.05. The number of piperidine rings is 1.